The summed E-state index contributed by atoms with van der Waals surface area (Å²) in [5, 5.41) is 31.3. The zero-order chi connectivity index (χ0) is 16.1. The first kappa shape index (κ1) is 14.0. The van der Waals surface area contributed by atoms with Crippen LogP contribution in [0.2, 0.25) is 0 Å². The summed E-state index contributed by atoms with van der Waals surface area (Å²) in [5.41, 5.74) is 2.53. The number of phenols is 1. The van der Waals surface area contributed by atoms with Crippen LogP contribution < -0.4 is 0 Å². The molecular formula is C19H19NO3. The van der Waals surface area contributed by atoms with E-state index in [0.717, 1.165) is 23.1 Å². The maximum absolute atomic E-state index is 10.8. The summed E-state index contributed by atoms with van der Waals surface area (Å²) < 4.78 is 1.58. The summed E-state index contributed by atoms with van der Waals surface area (Å²) in [7, 11) is 0. The Bertz CT molecular complexity index is 783. The molecule has 1 aromatic heterocycles. The molecule has 4 nitrogen and oxygen atoms in total. The lowest BCUT2D eigenvalue weighted by Gasteiger charge is -2.21. The number of hydrogen-bond donors (Lipinski definition) is 3. The summed E-state index contributed by atoms with van der Waals surface area (Å²) in [6.07, 6.45) is 7.44. The standard InChI is InChI=1S/C19H19NO3/c1-2-4-15(11-5-3-6-14(21)10-11)20-18(22)16-12-7-8-13(9-12)17(16)19(20)23/h2-3,5-8,10,12-13,15,21-23H,1,4,9H2. The SMILES string of the molecule is C=CCC(c1cccc(O)c1)n1c(O)c2c(c1O)C1C=CC2C1. The lowest BCUT2D eigenvalue weighted by molar-refractivity contribution is 0.344. The zero-order valence-corrected chi connectivity index (χ0v) is 12.7. The molecule has 4 heteroatoms. The Balaban J connectivity index is 1.87. The van der Waals surface area contributed by atoms with Gasteiger partial charge in [0.25, 0.3) is 0 Å². The van der Waals surface area contributed by atoms with Crippen LogP contribution in [0.15, 0.2) is 49.1 Å². The molecule has 3 N–H and O–H groups in total. The van der Waals surface area contributed by atoms with Gasteiger partial charge in [0, 0.05) is 23.0 Å². The third-order valence-electron chi connectivity index (χ3n) is 5.01. The van der Waals surface area contributed by atoms with E-state index in [4.69, 9.17) is 0 Å². The van der Waals surface area contributed by atoms with E-state index in [-0.39, 0.29) is 35.4 Å². The van der Waals surface area contributed by atoms with Gasteiger partial charge in [-0.05, 0) is 30.5 Å². The third-order valence-corrected chi connectivity index (χ3v) is 5.01. The Kier molecular flexibility index (Phi) is 3.01. The second-order valence-electron chi connectivity index (χ2n) is 6.31. The van der Waals surface area contributed by atoms with Crippen LogP contribution in [0.4, 0.5) is 0 Å². The average Bonchev–Trinajstić information content (AvgIpc) is 3.20. The van der Waals surface area contributed by atoms with Crippen molar-refractivity contribution in [3.8, 4) is 17.5 Å². The fraction of sp³-hybridized carbons (Fsp3) is 0.263. The molecular weight excluding hydrogens is 290 g/mol. The van der Waals surface area contributed by atoms with Gasteiger partial charge >= 0.3 is 0 Å². The average molecular weight is 309 g/mol. The van der Waals surface area contributed by atoms with Crippen LogP contribution in [0, 0.1) is 0 Å². The third kappa shape index (κ3) is 1.91. The van der Waals surface area contributed by atoms with Gasteiger partial charge in [0.15, 0.2) is 11.8 Å². The number of aromatic hydroxyl groups is 3. The molecule has 0 amide bonds. The predicted molar refractivity (Wildman–Crippen MR) is 88.1 cm³/mol. The molecule has 0 saturated heterocycles. The van der Waals surface area contributed by atoms with E-state index < -0.39 is 0 Å². The van der Waals surface area contributed by atoms with Crippen molar-refractivity contribution in [1.82, 2.24) is 4.57 Å². The Hall–Kier alpha value is -2.62. The minimum atomic E-state index is -0.301. The van der Waals surface area contributed by atoms with E-state index in [1.54, 1.807) is 28.8 Å². The van der Waals surface area contributed by atoms with E-state index in [0.29, 0.717) is 6.42 Å². The van der Waals surface area contributed by atoms with E-state index in [1.807, 2.05) is 6.07 Å². The second-order valence-corrected chi connectivity index (χ2v) is 6.31. The smallest absolute Gasteiger partial charge is 0.198 e. The monoisotopic (exact) mass is 309 g/mol. The first-order chi connectivity index (χ1) is 11.1. The molecule has 1 heterocycles. The topological polar surface area (TPSA) is 65.6 Å². The number of benzene rings is 1. The molecule has 2 bridgehead atoms. The Morgan fingerprint density at radius 3 is 2.35 bits per heavy atom. The number of aromatic nitrogens is 1. The van der Waals surface area contributed by atoms with Crippen LogP contribution in [-0.4, -0.2) is 19.9 Å². The molecule has 4 rings (SSSR count). The largest absolute Gasteiger partial charge is 0.508 e. The first-order valence-corrected chi connectivity index (χ1v) is 7.85. The molecule has 0 radical (unpaired) electrons. The first-order valence-electron chi connectivity index (χ1n) is 7.85. The van der Waals surface area contributed by atoms with Crippen molar-refractivity contribution in [2.75, 3.05) is 0 Å². The van der Waals surface area contributed by atoms with Crippen LogP contribution in [0.1, 0.15) is 47.4 Å². The Morgan fingerprint density at radius 2 is 1.78 bits per heavy atom. The Labute approximate surface area is 134 Å². The van der Waals surface area contributed by atoms with Crippen molar-refractivity contribution < 1.29 is 15.3 Å². The Morgan fingerprint density at radius 1 is 1.13 bits per heavy atom. The molecule has 118 valence electrons. The van der Waals surface area contributed by atoms with Gasteiger partial charge in [-0.25, -0.2) is 0 Å². The summed E-state index contributed by atoms with van der Waals surface area (Å²) >= 11 is 0. The lowest BCUT2D eigenvalue weighted by Crippen LogP contribution is -2.10. The molecule has 1 aromatic carbocycles. The van der Waals surface area contributed by atoms with Gasteiger partial charge < -0.3 is 15.3 Å². The van der Waals surface area contributed by atoms with Crippen LogP contribution in [0.25, 0.3) is 0 Å². The molecule has 0 aliphatic heterocycles. The van der Waals surface area contributed by atoms with Crippen molar-refractivity contribution in [1.29, 1.82) is 0 Å². The van der Waals surface area contributed by atoms with Crippen LogP contribution >= 0.6 is 0 Å². The van der Waals surface area contributed by atoms with Crippen molar-refractivity contribution in [3.63, 3.8) is 0 Å². The number of hydrogen-bond acceptors (Lipinski definition) is 3. The number of allylic oxidation sites excluding steroid dienone is 3. The molecule has 3 atom stereocenters. The van der Waals surface area contributed by atoms with Gasteiger partial charge in [-0.2, -0.15) is 0 Å². The van der Waals surface area contributed by atoms with E-state index in [2.05, 4.69) is 18.7 Å². The minimum absolute atomic E-state index is 0.129. The highest BCUT2D eigenvalue weighted by Gasteiger charge is 2.42. The fourth-order valence-corrected chi connectivity index (χ4v) is 4.03. The van der Waals surface area contributed by atoms with Crippen molar-refractivity contribution >= 4 is 0 Å². The van der Waals surface area contributed by atoms with Gasteiger partial charge in [0.1, 0.15) is 5.75 Å². The fourth-order valence-electron chi connectivity index (χ4n) is 4.03. The highest BCUT2D eigenvalue weighted by molar-refractivity contribution is 5.59. The maximum Gasteiger partial charge on any atom is 0.198 e. The molecule has 0 spiro atoms. The number of rotatable bonds is 4. The van der Waals surface area contributed by atoms with Gasteiger partial charge in [-0.1, -0.05) is 30.4 Å². The molecule has 2 aliphatic carbocycles. The quantitative estimate of drug-likeness (QED) is 0.750. The van der Waals surface area contributed by atoms with Crippen molar-refractivity contribution in [3.05, 3.63) is 65.8 Å². The molecule has 23 heavy (non-hydrogen) atoms. The van der Waals surface area contributed by atoms with Crippen molar-refractivity contribution in [2.24, 2.45) is 0 Å². The number of fused-ring (bicyclic) bond motifs is 5. The van der Waals surface area contributed by atoms with E-state index in [1.165, 1.54) is 0 Å². The van der Waals surface area contributed by atoms with Gasteiger partial charge in [-0.15, -0.1) is 6.58 Å². The maximum atomic E-state index is 10.8. The summed E-state index contributed by atoms with van der Waals surface area (Å²) in [6, 6.07) is 6.60. The van der Waals surface area contributed by atoms with Crippen molar-refractivity contribution in [2.45, 2.75) is 30.7 Å². The molecule has 2 aliphatic rings. The van der Waals surface area contributed by atoms with E-state index in [9.17, 15) is 15.3 Å². The molecule has 2 aromatic rings. The number of nitrogens with zero attached hydrogens (tertiary/aromatic N) is 1. The van der Waals surface area contributed by atoms with Gasteiger partial charge in [0.2, 0.25) is 0 Å². The van der Waals surface area contributed by atoms with Crippen LogP contribution in [0.5, 0.6) is 17.5 Å². The van der Waals surface area contributed by atoms with Gasteiger partial charge in [0.05, 0.1) is 6.04 Å². The predicted octanol–water partition coefficient (Wildman–Crippen LogP) is 3.91. The summed E-state index contributed by atoms with van der Waals surface area (Å²) in [6.45, 7) is 3.79. The summed E-state index contributed by atoms with van der Waals surface area (Å²) in [5.74, 6) is 0.803. The summed E-state index contributed by atoms with van der Waals surface area (Å²) in [4.78, 5) is 0. The number of phenolic OH excluding ortho intramolecular Hbond substituents is 1. The minimum Gasteiger partial charge on any atom is -0.508 e. The highest BCUT2D eigenvalue weighted by atomic mass is 16.3. The van der Waals surface area contributed by atoms with E-state index >= 15 is 0 Å². The second kappa shape index (κ2) is 4.95. The molecule has 3 unspecified atom stereocenters. The van der Waals surface area contributed by atoms with Gasteiger partial charge in [-0.3, -0.25) is 4.57 Å². The normalized spacial score (nSPS) is 22.3. The molecule has 0 saturated carbocycles. The highest BCUT2D eigenvalue weighted by Crippen LogP contribution is 2.57. The van der Waals surface area contributed by atoms with Crippen LogP contribution in [-0.2, 0) is 0 Å². The molecule has 0 fully saturated rings. The zero-order valence-electron chi connectivity index (χ0n) is 12.7. The van der Waals surface area contributed by atoms with Crippen LogP contribution in [0.3, 0.4) is 0 Å². The lowest BCUT2D eigenvalue weighted by atomic mass is 10.0.